The molecule has 0 aromatic heterocycles. The average Bonchev–Trinajstić information content (AvgIpc) is 2.96. The Labute approximate surface area is 166 Å². The molecule has 0 amide bonds. The normalized spacial score (nSPS) is 26.7. The van der Waals surface area contributed by atoms with Crippen LogP contribution in [0.15, 0.2) is 47.4 Å². The summed E-state index contributed by atoms with van der Waals surface area (Å²) in [7, 11) is 0. The molecule has 2 N–H and O–H groups in total. The molecular formula is C23H28N2OS. The Kier molecular flexibility index (Phi) is 4.55. The molecule has 2 aliphatic heterocycles. The zero-order chi connectivity index (χ0) is 18.4. The highest BCUT2D eigenvalue weighted by Crippen LogP contribution is 2.52. The summed E-state index contributed by atoms with van der Waals surface area (Å²) in [5.74, 6) is 0. The number of hydrogen-bond acceptors (Lipinski definition) is 4. The van der Waals surface area contributed by atoms with Crippen molar-refractivity contribution in [1.29, 1.82) is 0 Å². The first kappa shape index (κ1) is 17.7. The molecule has 0 unspecified atom stereocenters. The fourth-order valence-electron chi connectivity index (χ4n) is 5.59. The molecule has 0 bridgehead atoms. The predicted octanol–water partition coefficient (Wildman–Crippen LogP) is 3.50. The van der Waals surface area contributed by atoms with Gasteiger partial charge in [0.1, 0.15) is 0 Å². The standard InChI is InChI=1S/C23H28N2OS/c1-27-18-7-6-17-15-25(13-8-16(17)14-18)21-19-4-2-3-5-20(19)23(22(21)26)9-11-24-12-10-23/h2-7,14,21-22,24,26H,8-13,15H2,1H3/t21-,22+/m0/s1. The van der Waals surface area contributed by atoms with Crippen molar-refractivity contribution in [3.05, 3.63) is 64.7 Å². The summed E-state index contributed by atoms with van der Waals surface area (Å²) in [6.45, 7) is 3.96. The van der Waals surface area contributed by atoms with Gasteiger partial charge in [-0.15, -0.1) is 11.8 Å². The van der Waals surface area contributed by atoms with Gasteiger partial charge in [0.25, 0.3) is 0 Å². The van der Waals surface area contributed by atoms with E-state index in [4.69, 9.17) is 0 Å². The van der Waals surface area contributed by atoms with Crippen molar-refractivity contribution < 1.29 is 5.11 Å². The molecule has 3 aliphatic rings. The third-order valence-electron chi connectivity index (χ3n) is 7.03. The summed E-state index contributed by atoms with van der Waals surface area (Å²) in [4.78, 5) is 3.88. The van der Waals surface area contributed by atoms with Gasteiger partial charge < -0.3 is 10.4 Å². The first-order valence-corrected chi connectivity index (χ1v) is 11.3. The van der Waals surface area contributed by atoms with Crippen LogP contribution in [0.3, 0.4) is 0 Å². The summed E-state index contributed by atoms with van der Waals surface area (Å²) in [5.41, 5.74) is 5.59. The second kappa shape index (κ2) is 6.93. The number of benzene rings is 2. The van der Waals surface area contributed by atoms with E-state index < -0.39 is 0 Å². The molecule has 1 fully saturated rings. The molecule has 142 valence electrons. The van der Waals surface area contributed by atoms with E-state index in [2.05, 4.69) is 58.9 Å². The SMILES string of the molecule is CSc1ccc2c(c1)CCN([C@H]1c3ccccc3C3(CCNCC3)[C@@H]1O)C2. The zero-order valence-electron chi connectivity index (χ0n) is 15.9. The van der Waals surface area contributed by atoms with Crippen LogP contribution >= 0.6 is 11.8 Å². The first-order chi connectivity index (χ1) is 13.2. The molecule has 0 radical (unpaired) electrons. The van der Waals surface area contributed by atoms with E-state index in [1.807, 2.05) is 11.8 Å². The molecule has 5 rings (SSSR count). The van der Waals surface area contributed by atoms with Crippen molar-refractivity contribution in [2.24, 2.45) is 0 Å². The van der Waals surface area contributed by atoms with Crippen molar-refractivity contribution in [3.63, 3.8) is 0 Å². The van der Waals surface area contributed by atoms with E-state index in [-0.39, 0.29) is 17.6 Å². The van der Waals surface area contributed by atoms with Crippen LogP contribution in [0.5, 0.6) is 0 Å². The minimum atomic E-state index is -0.316. The molecule has 3 nitrogen and oxygen atoms in total. The van der Waals surface area contributed by atoms with Gasteiger partial charge in [0.05, 0.1) is 12.1 Å². The van der Waals surface area contributed by atoms with Gasteiger partial charge in [-0.05, 0) is 73.0 Å². The lowest BCUT2D eigenvalue weighted by Gasteiger charge is -2.42. The molecule has 2 atom stereocenters. The topological polar surface area (TPSA) is 35.5 Å². The minimum absolute atomic E-state index is 0.0739. The maximum atomic E-state index is 11.6. The van der Waals surface area contributed by atoms with Crippen LogP contribution in [0.2, 0.25) is 0 Å². The molecule has 4 heteroatoms. The van der Waals surface area contributed by atoms with E-state index in [0.717, 1.165) is 45.4 Å². The molecule has 0 saturated carbocycles. The maximum absolute atomic E-state index is 11.6. The summed E-state index contributed by atoms with van der Waals surface area (Å²) >= 11 is 1.81. The van der Waals surface area contributed by atoms with Gasteiger partial charge in [-0.2, -0.15) is 0 Å². The monoisotopic (exact) mass is 380 g/mol. The van der Waals surface area contributed by atoms with Gasteiger partial charge in [0.2, 0.25) is 0 Å². The number of rotatable bonds is 2. The van der Waals surface area contributed by atoms with Crippen LogP contribution in [0, 0.1) is 0 Å². The van der Waals surface area contributed by atoms with Crippen LogP contribution in [0.1, 0.15) is 41.1 Å². The quantitative estimate of drug-likeness (QED) is 0.782. The Balaban J connectivity index is 1.50. The summed E-state index contributed by atoms with van der Waals surface area (Å²) in [6, 6.07) is 15.8. The zero-order valence-corrected chi connectivity index (χ0v) is 16.8. The summed E-state index contributed by atoms with van der Waals surface area (Å²) in [5, 5.41) is 15.1. The maximum Gasteiger partial charge on any atom is 0.0834 e. The smallest absolute Gasteiger partial charge is 0.0834 e. The van der Waals surface area contributed by atoms with Gasteiger partial charge in [-0.25, -0.2) is 0 Å². The van der Waals surface area contributed by atoms with Crippen LogP contribution in [-0.4, -0.2) is 42.0 Å². The van der Waals surface area contributed by atoms with Crippen molar-refractivity contribution >= 4 is 11.8 Å². The van der Waals surface area contributed by atoms with E-state index >= 15 is 0 Å². The summed E-state index contributed by atoms with van der Waals surface area (Å²) < 4.78 is 0. The highest BCUT2D eigenvalue weighted by atomic mass is 32.2. The average molecular weight is 381 g/mol. The number of nitrogens with zero attached hydrogens (tertiary/aromatic N) is 1. The van der Waals surface area contributed by atoms with Crippen molar-refractivity contribution in [3.8, 4) is 0 Å². The Hall–Kier alpha value is -1.33. The minimum Gasteiger partial charge on any atom is -0.390 e. The van der Waals surface area contributed by atoms with Crippen LogP contribution < -0.4 is 5.32 Å². The van der Waals surface area contributed by atoms with Gasteiger partial charge in [0, 0.05) is 23.4 Å². The molecule has 2 aromatic rings. The number of thioether (sulfide) groups is 1. The largest absolute Gasteiger partial charge is 0.390 e. The van der Waals surface area contributed by atoms with E-state index in [1.165, 1.54) is 27.1 Å². The second-order valence-corrected chi connectivity index (χ2v) is 9.12. The van der Waals surface area contributed by atoms with E-state index in [1.54, 1.807) is 0 Å². The Morgan fingerprint density at radius 3 is 2.74 bits per heavy atom. The molecule has 1 spiro atoms. The lowest BCUT2D eigenvalue weighted by molar-refractivity contribution is -0.00668. The lowest BCUT2D eigenvalue weighted by Crippen LogP contribution is -2.49. The van der Waals surface area contributed by atoms with Crippen LogP contribution in [-0.2, 0) is 18.4 Å². The van der Waals surface area contributed by atoms with Gasteiger partial charge in [-0.1, -0.05) is 30.3 Å². The Morgan fingerprint density at radius 1 is 1.11 bits per heavy atom. The van der Waals surface area contributed by atoms with Gasteiger partial charge in [-0.3, -0.25) is 4.90 Å². The number of hydrogen-bond donors (Lipinski definition) is 2. The number of nitrogens with one attached hydrogen (secondary N) is 1. The highest BCUT2D eigenvalue weighted by molar-refractivity contribution is 7.98. The molecule has 1 saturated heterocycles. The molecule has 1 aliphatic carbocycles. The van der Waals surface area contributed by atoms with Crippen molar-refractivity contribution in [1.82, 2.24) is 10.2 Å². The lowest BCUT2D eigenvalue weighted by atomic mass is 9.72. The van der Waals surface area contributed by atoms with Gasteiger partial charge in [0.15, 0.2) is 0 Å². The van der Waals surface area contributed by atoms with E-state index in [0.29, 0.717) is 0 Å². The van der Waals surface area contributed by atoms with Gasteiger partial charge >= 0.3 is 0 Å². The predicted molar refractivity (Wildman–Crippen MR) is 111 cm³/mol. The third-order valence-corrected chi connectivity index (χ3v) is 7.75. The van der Waals surface area contributed by atoms with Crippen molar-refractivity contribution in [2.75, 3.05) is 25.9 Å². The molecule has 27 heavy (non-hydrogen) atoms. The van der Waals surface area contributed by atoms with Crippen molar-refractivity contribution in [2.45, 2.75) is 48.3 Å². The number of aliphatic hydroxyl groups is 1. The number of piperidine rings is 1. The third kappa shape index (κ3) is 2.77. The highest BCUT2D eigenvalue weighted by Gasteiger charge is 2.53. The molecular weight excluding hydrogens is 352 g/mol. The van der Waals surface area contributed by atoms with Crippen LogP contribution in [0.4, 0.5) is 0 Å². The molecule has 2 aromatic carbocycles. The fraction of sp³-hybridized carbons (Fsp3) is 0.478. The van der Waals surface area contributed by atoms with Crippen LogP contribution in [0.25, 0.3) is 0 Å². The number of aliphatic hydroxyl groups excluding tert-OH is 1. The Morgan fingerprint density at radius 2 is 1.93 bits per heavy atom. The fourth-order valence-corrected chi connectivity index (χ4v) is 6.05. The number of fused-ring (bicyclic) bond motifs is 3. The first-order valence-electron chi connectivity index (χ1n) is 10.1. The molecule has 2 heterocycles. The summed E-state index contributed by atoms with van der Waals surface area (Å²) in [6.07, 6.45) is 4.96. The second-order valence-electron chi connectivity index (χ2n) is 8.24. The Bertz CT molecular complexity index is 846. The van der Waals surface area contributed by atoms with E-state index in [9.17, 15) is 5.11 Å².